The number of amides is 2. The summed E-state index contributed by atoms with van der Waals surface area (Å²) in [4.78, 5) is 35.1. The minimum atomic E-state index is -0.812. The summed E-state index contributed by atoms with van der Waals surface area (Å²) < 4.78 is 17.5. The van der Waals surface area contributed by atoms with Crippen LogP contribution in [0.3, 0.4) is 0 Å². The number of nitrogens with one attached hydrogen (secondary N) is 2. The van der Waals surface area contributed by atoms with Crippen molar-refractivity contribution in [3.05, 3.63) is 63.9 Å². The molecule has 2 N–H and O–H groups in total. The van der Waals surface area contributed by atoms with Crippen LogP contribution in [0.1, 0.15) is 10.4 Å². The Hall–Kier alpha value is -2.64. The molecule has 0 unspecified atom stereocenters. The number of hydrogen-bond acceptors (Lipinski definition) is 4. The summed E-state index contributed by atoms with van der Waals surface area (Å²) in [5.74, 6) is -2.48. The molecule has 2 aromatic rings. The number of ether oxygens (including phenoxy) is 1. The SMILES string of the molecule is O=C(COC(=O)CNC(=O)c1ccc(F)cc1)Nc1cc(Cl)ccc1Cl. The third-order valence-electron chi connectivity index (χ3n) is 3.07. The number of carbonyl (C=O) groups excluding carboxylic acids is 3. The van der Waals surface area contributed by atoms with Gasteiger partial charge in [-0.25, -0.2) is 4.39 Å². The van der Waals surface area contributed by atoms with Crippen molar-refractivity contribution in [3.8, 4) is 0 Å². The van der Waals surface area contributed by atoms with Crippen molar-refractivity contribution >= 4 is 46.7 Å². The minimum Gasteiger partial charge on any atom is -0.454 e. The van der Waals surface area contributed by atoms with Crippen molar-refractivity contribution in [2.24, 2.45) is 0 Å². The van der Waals surface area contributed by atoms with Gasteiger partial charge in [-0.15, -0.1) is 0 Å². The average molecular weight is 399 g/mol. The first-order chi connectivity index (χ1) is 12.3. The van der Waals surface area contributed by atoms with Crippen LogP contribution in [0, 0.1) is 5.82 Å². The topological polar surface area (TPSA) is 84.5 Å². The summed E-state index contributed by atoms with van der Waals surface area (Å²) in [5, 5.41) is 5.41. The molecule has 6 nitrogen and oxygen atoms in total. The van der Waals surface area contributed by atoms with Gasteiger partial charge in [0.25, 0.3) is 11.8 Å². The van der Waals surface area contributed by atoms with Gasteiger partial charge in [-0.2, -0.15) is 0 Å². The highest BCUT2D eigenvalue weighted by Crippen LogP contribution is 2.25. The van der Waals surface area contributed by atoms with Gasteiger partial charge in [-0.05, 0) is 42.5 Å². The van der Waals surface area contributed by atoms with E-state index in [1.54, 1.807) is 6.07 Å². The summed E-state index contributed by atoms with van der Waals surface area (Å²) in [5.41, 5.74) is 0.470. The first kappa shape index (κ1) is 19.7. The molecular formula is C17H13Cl2FN2O4. The predicted octanol–water partition coefficient (Wildman–Crippen LogP) is 3.04. The third-order valence-corrected chi connectivity index (χ3v) is 3.63. The molecule has 0 bridgehead atoms. The second kappa shape index (κ2) is 9.17. The number of carbonyl (C=O) groups is 3. The van der Waals surface area contributed by atoms with Crippen LogP contribution in [0.5, 0.6) is 0 Å². The molecule has 26 heavy (non-hydrogen) atoms. The Kier molecular flexibility index (Phi) is 6.94. The molecule has 0 aliphatic heterocycles. The van der Waals surface area contributed by atoms with Crippen LogP contribution in [0.15, 0.2) is 42.5 Å². The standard InChI is InChI=1S/C17H13Cl2FN2O4/c18-11-3-6-13(19)14(7-11)22-15(23)9-26-16(24)8-21-17(25)10-1-4-12(20)5-2-10/h1-7H,8-9H2,(H,21,25)(H,22,23). The Morgan fingerprint density at radius 2 is 1.73 bits per heavy atom. The number of hydrogen-bond donors (Lipinski definition) is 2. The lowest BCUT2D eigenvalue weighted by atomic mass is 10.2. The van der Waals surface area contributed by atoms with Gasteiger partial charge in [-0.3, -0.25) is 14.4 Å². The number of benzene rings is 2. The van der Waals surface area contributed by atoms with E-state index in [0.717, 1.165) is 12.1 Å². The average Bonchev–Trinajstić information content (AvgIpc) is 2.61. The summed E-state index contributed by atoms with van der Waals surface area (Å²) in [6, 6.07) is 9.32. The smallest absolute Gasteiger partial charge is 0.325 e. The molecule has 0 aromatic heterocycles. The van der Waals surface area contributed by atoms with E-state index in [0.29, 0.717) is 5.02 Å². The van der Waals surface area contributed by atoms with E-state index in [4.69, 9.17) is 27.9 Å². The van der Waals surface area contributed by atoms with Crippen LogP contribution in [-0.2, 0) is 14.3 Å². The van der Waals surface area contributed by atoms with E-state index in [-0.39, 0.29) is 16.3 Å². The fourth-order valence-electron chi connectivity index (χ4n) is 1.83. The molecular weight excluding hydrogens is 386 g/mol. The maximum atomic E-state index is 12.8. The molecule has 0 spiro atoms. The lowest BCUT2D eigenvalue weighted by Crippen LogP contribution is -2.32. The maximum Gasteiger partial charge on any atom is 0.325 e. The summed E-state index contributed by atoms with van der Waals surface area (Å²) in [7, 11) is 0. The lowest BCUT2D eigenvalue weighted by Gasteiger charge is -2.09. The molecule has 2 amide bonds. The number of anilines is 1. The summed E-state index contributed by atoms with van der Waals surface area (Å²) >= 11 is 11.7. The van der Waals surface area contributed by atoms with Crippen molar-refractivity contribution in [1.29, 1.82) is 0 Å². The Bertz CT molecular complexity index is 828. The van der Waals surface area contributed by atoms with Crippen molar-refractivity contribution in [2.75, 3.05) is 18.5 Å². The molecule has 136 valence electrons. The number of esters is 1. The highest BCUT2D eigenvalue weighted by molar-refractivity contribution is 6.35. The highest BCUT2D eigenvalue weighted by atomic mass is 35.5. The number of rotatable bonds is 6. The second-order valence-corrected chi connectivity index (χ2v) is 5.87. The summed E-state index contributed by atoms with van der Waals surface area (Å²) in [6.07, 6.45) is 0. The van der Waals surface area contributed by atoms with E-state index in [9.17, 15) is 18.8 Å². The molecule has 9 heteroatoms. The fraction of sp³-hybridized carbons (Fsp3) is 0.118. The fourth-order valence-corrected chi connectivity index (χ4v) is 2.17. The van der Waals surface area contributed by atoms with Gasteiger partial charge >= 0.3 is 5.97 Å². The van der Waals surface area contributed by atoms with Crippen LogP contribution in [0.25, 0.3) is 0 Å². The minimum absolute atomic E-state index is 0.188. The van der Waals surface area contributed by atoms with E-state index in [1.807, 2.05) is 0 Å². The van der Waals surface area contributed by atoms with E-state index < -0.39 is 36.8 Å². The van der Waals surface area contributed by atoms with Crippen molar-refractivity contribution in [2.45, 2.75) is 0 Å². The van der Waals surface area contributed by atoms with Crippen LogP contribution < -0.4 is 10.6 Å². The molecule has 0 fully saturated rings. The summed E-state index contributed by atoms with van der Waals surface area (Å²) in [6.45, 7) is -1.00. The van der Waals surface area contributed by atoms with Gasteiger partial charge < -0.3 is 15.4 Å². The monoisotopic (exact) mass is 398 g/mol. The van der Waals surface area contributed by atoms with Crippen LogP contribution in [0.4, 0.5) is 10.1 Å². The first-order valence-electron chi connectivity index (χ1n) is 7.29. The molecule has 0 aliphatic carbocycles. The molecule has 2 rings (SSSR count). The predicted molar refractivity (Wildman–Crippen MR) is 94.8 cm³/mol. The van der Waals surface area contributed by atoms with Gasteiger partial charge in [0, 0.05) is 10.6 Å². The molecule has 0 saturated carbocycles. The van der Waals surface area contributed by atoms with Crippen molar-refractivity contribution < 1.29 is 23.5 Å². The second-order valence-electron chi connectivity index (χ2n) is 5.02. The zero-order valence-corrected chi connectivity index (χ0v) is 14.7. The van der Waals surface area contributed by atoms with Crippen LogP contribution in [-0.4, -0.2) is 30.9 Å². The maximum absolute atomic E-state index is 12.8. The van der Waals surface area contributed by atoms with Gasteiger partial charge in [0.2, 0.25) is 0 Å². The third kappa shape index (κ3) is 6.02. The molecule has 2 aromatic carbocycles. The zero-order chi connectivity index (χ0) is 19.1. The van der Waals surface area contributed by atoms with Gasteiger partial charge in [0.15, 0.2) is 6.61 Å². The van der Waals surface area contributed by atoms with Gasteiger partial charge in [0.05, 0.1) is 10.7 Å². The van der Waals surface area contributed by atoms with Crippen molar-refractivity contribution in [1.82, 2.24) is 5.32 Å². The largest absolute Gasteiger partial charge is 0.454 e. The Morgan fingerprint density at radius 3 is 2.42 bits per heavy atom. The molecule has 0 aliphatic rings. The molecule has 0 saturated heterocycles. The van der Waals surface area contributed by atoms with Gasteiger partial charge in [0.1, 0.15) is 12.4 Å². The molecule has 0 radical (unpaired) electrons. The van der Waals surface area contributed by atoms with Crippen molar-refractivity contribution in [3.63, 3.8) is 0 Å². The van der Waals surface area contributed by atoms with E-state index >= 15 is 0 Å². The van der Waals surface area contributed by atoms with E-state index in [2.05, 4.69) is 10.6 Å². The Morgan fingerprint density at radius 1 is 1.04 bits per heavy atom. The number of halogens is 3. The quantitative estimate of drug-likeness (QED) is 0.732. The lowest BCUT2D eigenvalue weighted by molar-refractivity contribution is -0.146. The van der Waals surface area contributed by atoms with Crippen LogP contribution in [0.2, 0.25) is 10.0 Å². The normalized spacial score (nSPS) is 10.1. The molecule has 0 heterocycles. The first-order valence-corrected chi connectivity index (χ1v) is 8.05. The van der Waals surface area contributed by atoms with Gasteiger partial charge in [-0.1, -0.05) is 23.2 Å². The van der Waals surface area contributed by atoms with E-state index in [1.165, 1.54) is 24.3 Å². The Balaban J connectivity index is 1.75. The Labute approximate surface area is 158 Å². The van der Waals surface area contributed by atoms with Crippen LogP contribution >= 0.6 is 23.2 Å². The zero-order valence-electron chi connectivity index (χ0n) is 13.2. The highest BCUT2D eigenvalue weighted by Gasteiger charge is 2.12. The molecule has 0 atom stereocenters.